The lowest BCUT2D eigenvalue weighted by atomic mass is 10.1. The topological polar surface area (TPSA) is 68.1 Å². The van der Waals surface area contributed by atoms with Crippen molar-refractivity contribution in [2.45, 2.75) is 25.7 Å². The lowest BCUT2D eigenvalue weighted by molar-refractivity contribution is -0.388. The van der Waals surface area contributed by atoms with Crippen molar-refractivity contribution in [2.75, 3.05) is 11.9 Å². The highest BCUT2D eigenvalue weighted by molar-refractivity contribution is 5.56. The van der Waals surface area contributed by atoms with E-state index in [0.29, 0.717) is 11.6 Å². The van der Waals surface area contributed by atoms with Crippen LogP contribution in [0.5, 0.6) is 0 Å². The summed E-state index contributed by atoms with van der Waals surface area (Å²) in [6.45, 7) is 0.812. The average molecular weight is 221 g/mol. The molecule has 0 aliphatic heterocycles. The number of anilines is 1. The maximum Gasteiger partial charge on any atom is 0.386 e. The zero-order chi connectivity index (χ0) is 11.4. The van der Waals surface area contributed by atoms with Crippen molar-refractivity contribution in [1.29, 1.82) is 0 Å². The van der Waals surface area contributed by atoms with Crippen molar-refractivity contribution in [1.82, 2.24) is 4.98 Å². The maximum absolute atomic E-state index is 10.7. The van der Waals surface area contributed by atoms with E-state index < -0.39 is 4.92 Å². The van der Waals surface area contributed by atoms with Crippen molar-refractivity contribution in [3.05, 3.63) is 28.4 Å². The first-order valence-corrected chi connectivity index (χ1v) is 5.60. The molecule has 1 fully saturated rings. The summed E-state index contributed by atoms with van der Waals surface area (Å²) in [7, 11) is 0. The Kier molecular flexibility index (Phi) is 3.34. The summed E-state index contributed by atoms with van der Waals surface area (Å²) in [6.07, 6.45) is 6.45. The molecule has 1 aliphatic carbocycles. The fraction of sp³-hybridized carbons (Fsp3) is 0.545. The Morgan fingerprint density at radius 2 is 2.25 bits per heavy atom. The van der Waals surface area contributed by atoms with Crippen LogP contribution in [0.25, 0.3) is 0 Å². The molecule has 16 heavy (non-hydrogen) atoms. The molecule has 0 saturated heterocycles. The van der Waals surface area contributed by atoms with E-state index >= 15 is 0 Å². The number of nitro groups is 1. The van der Waals surface area contributed by atoms with Gasteiger partial charge in [0.1, 0.15) is 11.9 Å². The third-order valence-electron chi connectivity index (χ3n) is 3.02. The quantitative estimate of drug-likeness (QED) is 0.626. The van der Waals surface area contributed by atoms with Crippen molar-refractivity contribution >= 4 is 11.5 Å². The fourth-order valence-corrected chi connectivity index (χ4v) is 2.15. The van der Waals surface area contributed by atoms with Crippen LogP contribution in [0.1, 0.15) is 25.7 Å². The second-order valence-corrected chi connectivity index (χ2v) is 4.16. The molecule has 1 N–H and O–H groups in total. The molecule has 0 atom stereocenters. The second-order valence-electron chi connectivity index (χ2n) is 4.16. The van der Waals surface area contributed by atoms with Crippen LogP contribution in [-0.2, 0) is 0 Å². The number of nitrogens with one attached hydrogen (secondary N) is 1. The standard InChI is InChI=1S/C11H15N3O2/c15-14(16)11-10(6-3-7-12-11)13-8-9-4-1-2-5-9/h3,6-7,9,13H,1-2,4-5,8H2. The van der Waals surface area contributed by atoms with Gasteiger partial charge in [-0.2, -0.15) is 0 Å². The molecule has 0 amide bonds. The van der Waals surface area contributed by atoms with E-state index in [0.717, 1.165) is 6.54 Å². The van der Waals surface area contributed by atoms with Gasteiger partial charge in [-0.05, 0) is 40.8 Å². The summed E-state index contributed by atoms with van der Waals surface area (Å²) in [4.78, 5) is 14.0. The van der Waals surface area contributed by atoms with Crippen LogP contribution in [0.2, 0.25) is 0 Å². The van der Waals surface area contributed by atoms with Gasteiger partial charge in [0.15, 0.2) is 0 Å². The fourth-order valence-electron chi connectivity index (χ4n) is 2.15. The molecular weight excluding hydrogens is 206 g/mol. The van der Waals surface area contributed by atoms with Crippen molar-refractivity contribution < 1.29 is 4.92 Å². The number of nitrogens with zero attached hydrogens (tertiary/aromatic N) is 2. The Morgan fingerprint density at radius 3 is 2.94 bits per heavy atom. The molecule has 1 aromatic heterocycles. The first kappa shape index (κ1) is 10.9. The van der Waals surface area contributed by atoms with Crippen molar-refractivity contribution in [3.63, 3.8) is 0 Å². The van der Waals surface area contributed by atoms with Gasteiger partial charge < -0.3 is 15.4 Å². The second kappa shape index (κ2) is 4.92. The minimum atomic E-state index is -0.447. The summed E-state index contributed by atoms with van der Waals surface area (Å²) in [5.74, 6) is 0.570. The summed E-state index contributed by atoms with van der Waals surface area (Å²) >= 11 is 0. The molecule has 1 saturated carbocycles. The van der Waals surface area contributed by atoms with E-state index in [4.69, 9.17) is 0 Å². The SMILES string of the molecule is O=[N+]([O-])c1ncccc1NCC1CCCC1. The third-order valence-corrected chi connectivity index (χ3v) is 3.02. The van der Waals surface area contributed by atoms with Crippen LogP contribution >= 0.6 is 0 Å². The van der Waals surface area contributed by atoms with Crippen LogP contribution in [-0.4, -0.2) is 16.5 Å². The molecule has 86 valence electrons. The highest BCUT2D eigenvalue weighted by Gasteiger charge is 2.18. The predicted octanol–water partition coefficient (Wildman–Crippen LogP) is 2.59. The Balaban J connectivity index is 2.00. The van der Waals surface area contributed by atoms with Crippen LogP contribution < -0.4 is 5.32 Å². The molecule has 5 heteroatoms. The Bertz CT molecular complexity index is 375. The summed E-state index contributed by atoms with van der Waals surface area (Å²) < 4.78 is 0. The van der Waals surface area contributed by atoms with E-state index in [1.165, 1.54) is 31.9 Å². The van der Waals surface area contributed by atoms with Gasteiger partial charge in [0.05, 0.1) is 0 Å². The average Bonchev–Trinajstić information content (AvgIpc) is 2.79. The summed E-state index contributed by atoms with van der Waals surface area (Å²) in [5, 5.41) is 13.9. The summed E-state index contributed by atoms with van der Waals surface area (Å²) in [6, 6.07) is 3.42. The van der Waals surface area contributed by atoms with Gasteiger partial charge in [-0.15, -0.1) is 0 Å². The van der Waals surface area contributed by atoms with E-state index in [1.807, 2.05) is 0 Å². The van der Waals surface area contributed by atoms with Crippen LogP contribution in [0.4, 0.5) is 11.5 Å². The molecule has 2 rings (SSSR count). The molecule has 1 aromatic rings. The molecule has 0 radical (unpaired) electrons. The smallest absolute Gasteiger partial charge is 0.378 e. The van der Waals surface area contributed by atoms with Gasteiger partial charge in [-0.1, -0.05) is 12.8 Å². The van der Waals surface area contributed by atoms with E-state index in [9.17, 15) is 10.1 Å². The van der Waals surface area contributed by atoms with E-state index in [1.54, 1.807) is 12.1 Å². The molecular formula is C11H15N3O2. The van der Waals surface area contributed by atoms with Gasteiger partial charge in [-0.25, -0.2) is 0 Å². The number of hydrogen-bond acceptors (Lipinski definition) is 4. The predicted molar refractivity (Wildman–Crippen MR) is 61.3 cm³/mol. The van der Waals surface area contributed by atoms with Gasteiger partial charge in [0.25, 0.3) is 0 Å². The molecule has 0 bridgehead atoms. The zero-order valence-corrected chi connectivity index (χ0v) is 9.06. The normalized spacial score (nSPS) is 16.2. The summed E-state index contributed by atoms with van der Waals surface area (Å²) in [5.41, 5.74) is 0.527. The molecule has 1 heterocycles. The third kappa shape index (κ3) is 2.48. The lowest BCUT2D eigenvalue weighted by Gasteiger charge is -2.11. The highest BCUT2D eigenvalue weighted by Crippen LogP contribution is 2.26. The van der Waals surface area contributed by atoms with Gasteiger partial charge in [0, 0.05) is 6.54 Å². The minimum Gasteiger partial charge on any atom is -0.378 e. The zero-order valence-electron chi connectivity index (χ0n) is 9.06. The van der Waals surface area contributed by atoms with Gasteiger partial charge >= 0.3 is 5.82 Å². The van der Waals surface area contributed by atoms with Crippen LogP contribution in [0.15, 0.2) is 18.3 Å². The first-order chi connectivity index (χ1) is 7.77. The van der Waals surface area contributed by atoms with Crippen LogP contribution in [0.3, 0.4) is 0 Å². The monoisotopic (exact) mass is 221 g/mol. The maximum atomic E-state index is 10.7. The van der Waals surface area contributed by atoms with Gasteiger partial charge in [0.2, 0.25) is 0 Å². The highest BCUT2D eigenvalue weighted by atomic mass is 16.6. The Morgan fingerprint density at radius 1 is 1.50 bits per heavy atom. The molecule has 0 aromatic carbocycles. The number of aromatic nitrogens is 1. The number of hydrogen-bond donors (Lipinski definition) is 1. The minimum absolute atomic E-state index is 0.0829. The number of rotatable bonds is 4. The molecule has 0 unspecified atom stereocenters. The van der Waals surface area contributed by atoms with E-state index in [-0.39, 0.29) is 5.82 Å². The van der Waals surface area contributed by atoms with Crippen LogP contribution in [0, 0.1) is 16.0 Å². The van der Waals surface area contributed by atoms with Crippen molar-refractivity contribution in [2.24, 2.45) is 5.92 Å². The molecule has 5 nitrogen and oxygen atoms in total. The first-order valence-electron chi connectivity index (χ1n) is 5.60. The van der Waals surface area contributed by atoms with Crippen molar-refractivity contribution in [3.8, 4) is 0 Å². The Labute approximate surface area is 94.0 Å². The van der Waals surface area contributed by atoms with Gasteiger partial charge in [-0.3, -0.25) is 0 Å². The largest absolute Gasteiger partial charge is 0.386 e. The Hall–Kier alpha value is -1.65. The molecule has 1 aliphatic rings. The lowest BCUT2D eigenvalue weighted by Crippen LogP contribution is -2.12. The molecule has 0 spiro atoms. The number of pyridine rings is 1. The van der Waals surface area contributed by atoms with E-state index in [2.05, 4.69) is 10.3 Å².